The van der Waals surface area contributed by atoms with Crippen LogP contribution in [0.5, 0.6) is 0 Å². The summed E-state index contributed by atoms with van der Waals surface area (Å²) in [5.41, 5.74) is 3.55. The molecule has 0 spiro atoms. The summed E-state index contributed by atoms with van der Waals surface area (Å²) in [6.45, 7) is 6.94. The fraction of sp³-hybridized carbons (Fsp3) is 0.242. The van der Waals surface area contributed by atoms with Gasteiger partial charge >= 0.3 is 5.69 Å². The number of benzene rings is 4. The third kappa shape index (κ3) is 5.38. The van der Waals surface area contributed by atoms with Crippen molar-refractivity contribution in [3.05, 3.63) is 119 Å². The summed E-state index contributed by atoms with van der Waals surface area (Å²) in [5.74, 6) is -0.0299. The molecule has 1 amide bonds. The molecular weight excluding hydrogens is 512 g/mol. The van der Waals surface area contributed by atoms with Crippen molar-refractivity contribution in [1.29, 1.82) is 0 Å². The average Bonchev–Trinajstić information content (AvgIpc) is 3.40. The van der Waals surface area contributed by atoms with Gasteiger partial charge in [-0.15, -0.1) is 0 Å². The Bertz CT molecular complexity index is 1690. The average molecular weight is 547 g/mol. The SMILES string of the molecule is CC(C)n1ncn(-c2ccc(N3CCN(C(C(=O)Nc4cccc5ccccc45)c4ccccc4)CC3)cc2)c1=O. The topological polar surface area (TPSA) is 75.4 Å². The van der Waals surface area contributed by atoms with Gasteiger partial charge < -0.3 is 10.2 Å². The molecule has 1 aliphatic heterocycles. The maximum atomic E-state index is 13.8. The molecule has 1 atom stereocenters. The Morgan fingerprint density at radius 3 is 2.15 bits per heavy atom. The van der Waals surface area contributed by atoms with Crippen LogP contribution in [0.3, 0.4) is 0 Å². The van der Waals surface area contributed by atoms with Crippen molar-refractivity contribution in [3.63, 3.8) is 0 Å². The third-order valence-electron chi connectivity index (χ3n) is 7.77. The van der Waals surface area contributed by atoms with Gasteiger partial charge in [0.25, 0.3) is 0 Å². The van der Waals surface area contributed by atoms with Gasteiger partial charge in [0.1, 0.15) is 12.4 Å². The smallest absolute Gasteiger partial charge is 0.350 e. The predicted molar refractivity (Wildman–Crippen MR) is 164 cm³/mol. The zero-order valence-corrected chi connectivity index (χ0v) is 23.4. The standard InChI is InChI=1S/C33H34N6O2/c1-24(2)39-33(41)38(23-34-39)28-17-15-27(16-18-28)36-19-21-37(22-20-36)31(26-10-4-3-5-11-26)32(40)35-30-14-8-12-25-9-6-7-13-29(25)30/h3-18,23-24,31H,19-22H2,1-2H3,(H,35,40). The molecule has 4 aromatic carbocycles. The molecule has 0 aliphatic carbocycles. The zero-order chi connectivity index (χ0) is 28.3. The Morgan fingerprint density at radius 1 is 0.780 bits per heavy atom. The molecule has 1 aromatic heterocycles. The molecule has 0 bridgehead atoms. The van der Waals surface area contributed by atoms with Gasteiger partial charge in [-0.1, -0.05) is 66.7 Å². The molecule has 8 heteroatoms. The second-order valence-electron chi connectivity index (χ2n) is 10.7. The molecule has 41 heavy (non-hydrogen) atoms. The van der Waals surface area contributed by atoms with Crippen molar-refractivity contribution in [1.82, 2.24) is 19.2 Å². The number of carbonyl (C=O) groups excluding carboxylic acids is 1. The second-order valence-corrected chi connectivity index (χ2v) is 10.7. The minimum atomic E-state index is -0.399. The van der Waals surface area contributed by atoms with Crippen molar-refractivity contribution in [2.24, 2.45) is 0 Å². The Labute approximate surface area is 239 Å². The van der Waals surface area contributed by atoms with E-state index < -0.39 is 6.04 Å². The van der Waals surface area contributed by atoms with Crippen molar-refractivity contribution in [3.8, 4) is 5.69 Å². The Kier molecular flexibility index (Phi) is 7.39. The lowest BCUT2D eigenvalue weighted by molar-refractivity contribution is -0.121. The molecule has 1 fully saturated rings. The highest BCUT2D eigenvalue weighted by molar-refractivity contribution is 6.04. The molecule has 6 rings (SSSR count). The molecule has 208 valence electrons. The van der Waals surface area contributed by atoms with E-state index in [2.05, 4.69) is 32.3 Å². The van der Waals surface area contributed by atoms with Gasteiger partial charge in [-0.05, 0) is 55.1 Å². The van der Waals surface area contributed by atoms with E-state index in [0.29, 0.717) is 0 Å². The number of amides is 1. The zero-order valence-electron chi connectivity index (χ0n) is 23.4. The van der Waals surface area contributed by atoms with Crippen LogP contribution in [0, 0.1) is 0 Å². The monoisotopic (exact) mass is 546 g/mol. The normalized spacial score (nSPS) is 14.9. The van der Waals surface area contributed by atoms with Crippen molar-refractivity contribution in [2.45, 2.75) is 25.9 Å². The number of hydrogen-bond acceptors (Lipinski definition) is 5. The van der Waals surface area contributed by atoms with Crippen LogP contribution in [0.25, 0.3) is 16.5 Å². The summed E-state index contributed by atoms with van der Waals surface area (Å²) in [6.07, 6.45) is 1.57. The van der Waals surface area contributed by atoms with Crippen LogP contribution < -0.4 is 15.9 Å². The number of carbonyl (C=O) groups is 1. The largest absolute Gasteiger partial charge is 0.369 e. The van der Waals surface area contributed by atoms with Gasteiger partial charge in [0.2, 0.25) is 5.91 Å². The highest BCUT2D eigenvalue weighted by Gasteiger charge is 2.31. The van der Waals surface area contributed by atoms with E-state index >= 15 is 0 Å². The van der Waals surface area contributed by atoms with Crippen LogP contribution in [-0.4, -0.2) is 51.3 Å². The molecule has 1 saturated heterocycles. The van der Waals surface area contributed by atoms with Gasteiger partial charge in [-0.25, -0.2) is 14.0 Å². The fourth-order valence-electron chi connectivity index (χ4n) is 5.61. The first-order valence-electron chi connectivity index (χ1n) is 14.1. The Hall–Kier alpha value is -4.69. The Morgan fingerprint density at radius 2 is 1.44 bits per heavy atom. The highest BCUT2D eigenvalue weighted by Crippen LogP contribution is 2.29. The van der Waals surface area contributed by atoms with Crippen LogP contribution >= 0.6 is 0 Å². The number of nitrogens with zero attached hydrogens (tertiary/aromatic N) is 5. The van der Waals surface area contributed by atoms with Crippen LogP contribution in [0.15, 0.2) is 108 Å². The first-order chi connectivity index (χ1) is 20.0. The number of fused-ring (bicyclic) bond motifs is 1. The second kappa shape index (κ2) is 11.4. The molecule has 1 N–H and O–H groups in total. The van der Waals surface area contributed by atoms with Crippen LogP contribution in [0.2, 0.25) is 0 Å². The van der Waals surface area contributed by atoms with Gasteiger partial charge in [-0.2, -0.15) is 5.10 Å². The lowest BCUT2D eigenvalue weighted by atomic mass is 10.0. The number of anilines is 2. The minimum Gasteiger partial charge on any atom is -0.369 e. The van der Waals surface area contributed by atoms with Gasteiger partial charge in [0.15, 0.2) is 0 Å². The van der Waals surface area contributed by atoms with Crippen LogP contribution in [0.4, 0.5) is 11.4 Å². The van der Waals surface area contributed by atoms with Gasteiger partial charge in [-0.3, -0.25) is 9.69 Å². The fourth-order valence-corrected chi connectivity index (χ4v) is 5.61. The number of nitrogens with one attached hydrogen (secondary N) is 1. The molecule has 8 nitrogen and oxygen atoms in total. The van der Waals surface area contributed by atoms with E-state index in [4.69, 9.17) is 0 Å². The molecule has 1 aliphatic rings. The molecule has 0 radical (unpaired) electrons. The van der Waals surface area contributed by atoms with Crippen molar-refractivity contribution in [2.75, 3.05) is 36.4 Å². The summed E-state index contributed by atoms with van der Waals surface area (Å²) in [7, 11) is 0. The van der Waals surface area contributed by atoms with E-state index in [1.165, 1.54) is 4.68 Å². The lowest BCUT2D eigenvalue weighted by Crippen LogP contribution is -2.50. The Balaban J connectivity index is 1.18. The van der Waals surface area contributed by atoms with Crippen molar-refractivity contribution < 1.29 is 4.79 Å². The summed E-state index contributed by atoms with van der Waals surface area (Å²) in [6, 6.07) is 31.7. The summed E-state index contributed by atoms with van der Waals surface area (Å²) in [4.78, 5) is 31.1. The van der Waals surface area contributed by atoms with E-state index in [9.17, 15) is 9.59 Å². The van der Waals surface area contributed by atoms with Gasteiger partial charge in [0, 0.05) is 42.9 Å². The molecular formula is C33H34N6O2. The molecule has 0 saturated carbocycles. The summed E-state index contributed by atoms with van der Waals surface area (Å²) >= 11 is 0. The first-order valence-corrected chi connectivity index (χ1v) is 14.1. The van der Waals surface area contributed by atoms with E-state index in [1.807, 2.05) is 98.8 Å². The van der Waals surface area contributed by atoms with E-state index in [0.717, 1.165) is 59.6 Å². The number of aromatic nitrogens is 3. The lowest BCUT2D eigenvalue weighted by Gasteiger charge is -2.39. The van der Waals surface area contributed by atoms with E-state index in [-0.39, 0.29) is 17.6 Å². The number of piperazine rings is 1. The maximum absolute atomic E-state index is 13.8. The summed E-state index contributed by atoms with van der Waals surface area (Å²) in [5, 5.41) is 9.58. The van der Waals surface area contributed by atoms with Gasteiger partial charge in [0.05, 0.1) is 11.7 Å². The maximum Gasteiger partial charge on any atom is 0.350 e. The van der Waals surface area contributed by atoms with Crippen LogP contribution in [-0.2, 0) is 4.79 Å². The first kappa shape index (κ1) is 26.5. The predicted octanol–water partition coefficient (Wildman–Crippen LogP) is 5.27. The molecule has 5 aromatic rings. The third-order valence-corrected chi connectivity index (χ3v) is 7.77. The summed E-state index contributed by atoms with van der Waals surface area (Å²) < 4.78 is 3.05. The highest BCUT2D eigenvalue weighted by atomic mass is 16.2. The van der Waals surface area contributed by atoms with Crippen molar-refractivity contribution >= 4 is 28.1 Å². The molecule has 2 heterocycles. The number of hydrogen-bond donors (Lipinski definition) is 1. The number of rotatable bonds is 7. The van der Waals surface area contributed by atoms with Crippen LogP contribution in [0.1, 0.15) is 31.5 Å². The minimum absolute atomic E-state index is 0.00755. The molecule has 1 unspecified atom stereocenters. The van der Waals surface area contributed by atoms with E-state index in [1.54, 1.807) is 10.9 Å². The quantitative estimate of drug-likeness (QED) is 0.301.